The molecule has 0 unspecified atom stereocenters. The number of aryl methyl sites for hydroxylation is 1. The van der Waals surface area contributed by atoms with Gasteiger partial charge in [0.1, 0.15) is 6.04 Å². The van der Waals surface area contributed by atoms with Crippen molar-refractivity contribution in [2.24, 2.45) is 29.1 Å². The Hall–Kier alpha value is -2.37. The van der Waals surface area contributed by atoms with Crippen LogP contribution in [0.5, 0.6) is 0 Å². The van der Waals surface area contributed by atoms with E-state index in [1.54, 1.807) is 12.1 Å². The lowest BCUT2D eigenvalue weighted by atomic mass is 9.49. The van der Waals surface area contributed by atoms with E-state index in [4.69, 9.17) is 0 Å². The zero-order valence-electron chi connectivity index (χ0n) is 18.9. The molecule has 0 saturated heterocycles. The summed E-state index contributed by atoms with van der Waals surface area (Å²) >= 11 is 0. The Bertz CT molecular complexity index is 811. The molecule has 0 spiro atoms. The highest BCUT2D eigenvalue weighted by Crippen LogP contribution is 2.60. The van der Waals surface area contributed by atoms with Crippen LogP contribution in [0.4, 0.5) is 0 Å². The van der Waals surface area contributed by atoms with E-state index >= 15 is 0 Å². The topological polar surface area (TPSA) is 87.3 Å². The molecule has 4 aliphatic rings. The van der Waals surface area contributed by atoms with Crippen LogP contribution in [0.2, 0.25) is 0 Å². The van der Waals surface area contributed by atoms with Crippen molar-refractivity contribution < 1.29 is 14.4 Å². The standard InChI is InChI=1S/C25H35N3O3/c1-4-16-5-7-20(8-6-16)22(29)27-28-23(30)21(15(2)3)26-24(31)25-12-17-9-18(13-25)11-19(10-17)14-25/h5-8,15,17-19,21H,4,9-14H2,1-3H3,(H,26,31)(H,27,29)(H,28,30)/t17?,18?,19?,21-,25?/m0/s1. The van der Waals surface area contributed by atoms with Crippen LogP contribution in [0.3, 0.4) is 0 Å². The van der Waals surface area contributed by atoms with Crippen LogP contribution in [0.15, 0.2) is 24.3 Å². The van der Waals surface area contributed by atoms with E-state index in [2.05, 4.69) is 23.1 Å². The molecule has 31 heavy (non-hydrogen) atoms. The molecule has 4 saturated carbocycles. The van der Waals surface area contributed by atoms with Gasteiger partial charge in [0.2, 0.25) is 5.91 Å². The predicted molar refractivity (Wildman–Crippen MR) is 119 cm³/mol. The average molecular weight is 426 g/mol. The number of carbonyl (C=O) groups excluding carboxylic acids is 3. The summed E-state index contributed by atoms with van der Waals surface area (Å²) in [7, 11) is 0. The number of hydrogen-bond acceptors (Lipinski definition) is 3. The molecule has 0 radical (unpaired) electrons. The highest BCUT2D eigenvalue weighted by atomic mass is 16.2. The third-order valence-corrected chi connectivity index (χ3v) is 7.68. The molecule has 0 heterocycles. The molecule has 6 heteroatoms. The summed E-state index contributed by atoms with van der Waals surface area (Å²) in [4.78, 5) is 38.6. The summed E-state index contributed by atoms with van der Waals surface area (Å²) in [5, 5.41) is 3.05. The fourth-order valence-electron chi connectivity index (χ4n) is 6.38. The van der Waals surface area contributed by atoms with Crippen molar-refractivity contribution in [3.05, 3.63) is 35.4 Å². The van der Waals surface area contributed by atoms with Crippen molar-refractivity contribution in [1.82, 2.24) is 16.2 Å². The lowest BCUT2D eigenvalue weighted by Gasteiger charge is -2.55. The Morgan fingerprint density at radius 3 is 1.97 bits per heavy atom. The first-order valence-electron chi connectivity index (χ1n) is 11.8. The van der Waals surface area contributed by atoms with Crippen LogP contribution in [0.1, 0.15) is 75.2 Å². The van der Waals surface area contributed by atoms with Gasteiger partial charge in [-0.05, 0) is 86.3 Å². The summed E-state index contributed by atoms with van der Waals surface area (Å²) in [6, 6.07) is 6.62. The quantitative estimate of drug-likeness (QED) is 0.611. The second-order valence-electron chi connectivity index (χ2n) is 10.4. The monoisotopic (exact) mass is 425 g/mol. The molecule has 168 valence electrons. The Morgan fingerprint density at radius 1 is 0.935 bits per heavy atom. The van der Waals surface area contributed by atoms with Crippen LogP contribution in [0, 0.1) is 29.1 Å². The third kappa shape index (κ3) is 4.48. The number of hydrazine groups is 1. The van der Waals surface area contributed by atoms with Crippen LogP contribution in [0.25, 0.3) is 0 Å². The zero-order chi connectivity index (χ0) is 22.2. The van der Waals surface area contributed by atoms with Gasteiger partial charge in [-0.3, -0.25) is 25.2 Å². The molecule has 5 rings (SSSR count). The molecule has 0 aliphatic heterocycles. The molecule has 4 bridgehead atoms. The van der Waals surface area contributed by atoms with E-state index in [9.17, 15) is 14.4 Å². The zero-order valence-corrected chi connectivity index (χ0v) is 18.9. The van der Waals surface area contributed by atoms with E-state index in [1.807, 2.05) is 26.0 Å². The van der Waals surface area contributed by atoms with E-state index in [0.717, 1.165) is 31.2 Å². The minimum atomic E-state index is -0.678. The molecule has 4 aliphatic carbocycles. The Morgan fingerprint density at radius 2 is 1.48 bits per heavy atom. The van der Waals surface area contributed by atoms with Gasteiger partial charge in [-0.1, -0.05) is 32.9 Å². The molecule has 4 fully saturated rings. The van der Waals surface area contributed by atoms with Gasteiger partial charge in [0.05, 0.1) is 0 Å². The molecular weight excluding hydrogens is 390 g/mol. The van der Waals surface area contributed by atoms with E-state index in [-0.39, 0.29) is 29.1 Å². The van der Waals surface area contributed by atoms with Crippen molar-refractivity contribution in [2.45, 2.75) is 71.8 Å². The van der Waals surface area contributed by atoms with Crippen molar-refractivity contribution in [2.75, 3.05) is 0 Å². The summed E-state index contributed by atoms with van der Waals surface area (Å²) in [5.41, 5.74) is 6.34. The fourth-order valence-corrected chi connectivity index (χ4v) is 6.38. The summed E-state index contributed by atoms with van der Waals surface area (Å²) in [6.07, 6.45) is 7.59. The molecule has 1 aromatic carbocycles. The normalized spacial score (nSPS) is 29.5. The lowest BCUT2D eigenvalue weighted by Crippen LogP contribution is -2.59. The first-order chi connectivity index (χ1) is 14.8. The fraction of sp³-hybridized carbons (Fsp3) is 0.640. The summed E-state index contributed by atoms with van der Waals surface area (Å²) in [6.45, 7) is 5.88. The number of carbonyl (C=O) groups is 3. The highest BCUT2D eigenvalue weighted by molar-refractivity contribution is 5.96. The van der Waals surface area contributed by atoms with E-state index in [0.29, 0.717) is 23.3 Å². The van der Waals surface area contributed by atoms with Gasteiger partial charge in [-0.25, -0.2) is 0 Å². The second kappa shape index (κ2) is 8.64. The second-order valence-corrected chi connectivity index (χ2v) is 10.4. The molecule has 6 nitrogen and oxygen atoms in total. The smallest absolute Gasteiger partial charge is 0.269 e. The van der Waals surface area contributed by atoms with Crippen molar-refractivity contribution >= 4 is 17.7 Å². The maximum absolute atomic E-state index is 13.4. The van der Waals surface area contributed by atoms with E-state index in [1.165, 1.54) is 19.3 Å². The number of amides is 3. The molecule has 0 aromatic heterocycles. The van der Waals surface area contributed by atoms with Crippen molar-refractivity contribution in [1.29, 1.82) is 0 Å². The summed E-state index contributed by atoms with van der Waals surface area (Å²) < 4.78 is 0. The minimum Gasteiger partial charge on any atom is -0.344 e. The minimum absolute atomic E-state index is 0.0296. The van der Waals surface area contributed by atoms with Gasteiger partial charge in [0.25, 0.3) is 11.8 Å². The lowest BCUT2D eigenvalue weighted by molar-refractivity contribution is -0.149. The van der Waals surface area contributed by atoms with Gasteiger partial charge >= 0.3 is 0 Å². The van der Waals surface area contributed by atoms with E-state index < -0.39 is 6.04 Å². The van der Waals surface area contributed by atoms with Crippen molar-refractivity contribution in [3.8, 4) is 0 Å². The number of benzene rings is 1. The largest absolute Gasteiger partial charge is 0.344 e. The molecule has 1 atom stereocenters. The van der Waals surface area contributed by atoms with Gasteiger partial charge in [0.15, 0.2) is 0 Å². The average Bonchev–Trinajstić information content (AvgIpc) is 2.74. The third-order valence-electron chi connectivity index (χ3n) is 7.68. The van der Waals surface area contributed by atoms with Gasteiger partial charge in [0, 0.05) is 11.0 Å². The van der Waals surface area contributed by atoms with Gasteiger partial charge in [-0.2, -0.15) is 0 Å². The number of nitrogens with one attached hydrogen (secondary N) is 3. The van der Waals surface area contributed by atoms with Crippen LogP contribution in [-0.4, -0.2) is 23.8 Å². The molecule has 1 aromatic rings. The predicted octanol–water partition coefficient (Wildman–Crippen LogP) is 3.37. The first kappa shape index (κ1) is 21.8. The first-order valence-corrected chi connectivity index (χ1v) is 11.8. The van der Waals surface area contributed by atoms with Crippen molar-refractivity contribution in [3.63, 3.8) is 0 Å². The Balaban J connectivity index is 1.36. The summed E-state index contributed by atoms with van der Waals surface area (Å²) in [5.74, 6) is 1.20. The number of hydrogen-bond donors (Lipinski definition) is 3. The van der Waals surface area contributed by atoms with Crippen LogP contribution in [-0.2, 0) is 16.0 Å². The maximum atomic E-state index is 13.4. The highest BCUT2D eigenvalue weighted by Gasteiger charge is 2.55. The number of rotatable bonds is 6. The van der Waals surface area contributed by atoms with Crippen LogP contribution < -0.4 is 16.2 Å². The SMILES string of the molecule is CCc1ccc(C(=O)NNC(=O)[C@@H](NC(=O)C23CC4CC(CC(C4)C2)C3)C(C)C)cc1. The Kier molecular flexibility index (Phi) is 6.09. The molecular formula is C25H35N3O3. The molecule has 3 N–H and O–H groups in total. The van der Waals surface area contributed by atoms with Gasteiger partial charge in [-0.15, -0.1) is 0 Å². The molecule has 3 amide bonds. The Labute approximate surface area is 184 Å². The maximum Gasteiger partial charge on any atom is 0.269 e. The van der Waals surface area contributed by atoms with Crippen LogP contribution >= 0.6 is 0 Å². The van der Waals surface area contributed by atoms with Gasteiger partial charge < -0.3 is 5.32 Å².